The Hall–Kier alpha value is -2.65. The number of benzene rings is 1. The lowest BCUT2D eigenvalue weighted by molar-refractivity contribution is -0.384. The van der Waals surface area contributed by atoms with Crippen LogP contribution < -0.4 is 10.6 Å². The van der Waals surface area contributed by atoms with E-state index in [4.69, 9.17) is 0 Å². The molecule has 0 saturated heterocycles. The highest BCUT2D eigenvalue weighted by atomic mass is 19.4. The van der Waals surface area contributed by atoms with Crippen LogP contribution in [0.2, 0.25) is 0 Å². The molecule has 5 rings (SSSR count). The summed E-state index contributed by atoms with van der Waals surface area (Å²) in [5.41, 5.74) is -0.855. The molecule has 4 aliphatic carbocycles. The topological polar surface area (TPSA) is 101 Å². The highest BCUT2D eigenvalue weighted by Gasteiger charge is 2.51. The largest absolute Gasteiger partial charge is 0.471 e. The first-order valence-electron chi connectivity index (χ1n) is 10.5. The number of aryl methyl sites for hydroxylation is 1. The molecule has 4 fully saturated rings. The van der Waals surface area contributed by atoms with Crippen molar-refractivity contribution in [2.24, 2.45) is 17.8 Å². The molecule has 10 heteroatoms. The maximum absolute atomic E-state index is 12.6. The summed E-state index contributed by atoms with van der Waals surface area (Å²) in [6.45, 7) is 0. The number of nitro groups is 1. The Labute approximate surface area is 176 Å². The van der Waals surface area contributed by atoms with E-state index >= 15 is 0 Å². The third-order valence-corrected chi connectivity index (χ3v) is 6.85. The van der Waals surface area contributed by atoms with Crippen LogP contribution in [0.3, 0.4) is 0 Å². The molecule has 0 spiro atoms. The smallest absolute Gasteiger partial charge is 0.351 e. The van der Waals surface area contributed by atoms with Gasteiger partial charge < -0.3 is 10.6 Å². The summed E-state index contributed by atoms with van der Waals surface area (Å²) in [6.07, 6.45) is 2.03. The van der Waals surface area contributed by atoms with Gasteiger partial charge in [-0.1, -0.05) is 6.07 Å². The zero-order valence-corrected chi connectivity index (χ0v) is 16.8. The van der Waals surface area contributed by atoms with Crippen LogP contribution in [0.15, 0.2) is 18.2 Å². The van der Waals surface area contributed by atoms with Crippen molar-refractivity contribution in [3.05, 3.63) is 33.9 Å². The van der Waals surface area contributed by atoms with Crippen molar-refractivity contribution in [2.45, 2.75) is 63.1 Å². The number of hydrogen-bond donors (Lipinski definition) is 2. The fourth-order valence-corrected chi connectivity index (χ4v) is 6.06. The average molecular weight is 439 g/mol. The summed E-state index contributed by atoms with van der Waals surface area (Å²) in [5.74, 6) is -0.326. The van der Waals surface area contributed by atoms with Crippen molar-refractivity contribution >= 4 is 23.2 Å². The highest BCUT2D eigenvalue weighted by Crippen LogP contribution is 2.55. The summed E-state index contributed by atoms with van der Waals surface area (Å²) in [7, 11) is 0. The molecule has 0 unspecified atom stereocenters. The van der Waals surface area contributed by atoms with E-state index in [0.29, 0.717) is 23.3 Å². The maximum Gasteiger partial charge on any atom is 0.471 e. The van der Waals surface area contributed by atoms with Crippen molar-refractivity contribution in [3.8, 4) is 0 Å². The molecule has 1 aromatic carbocycles. The molecular formula is C21H24F3N3O4. The summed E-state index contributed by atoms with van der Waals surface area (Å²) in [5, 5.41) is 16.0. The molecule has 4 bridgehead atoms. The Balaban J connectivity index is 1.38. The van der Waals surface area contributed by atoms with Gasteiger partial charge in [0, 0.05) is 18.0 Å². The molecule has 7 nitrogen and oxygen atoms in total. The van der Waals surface area contributed by atoms with E-state index in [1.54, 1.807) is 0 Å². The second-order valence-corrected chi connectivity index (χ2v) is 9.31. The number of carbonyl (C=O) groups excluding carboxylic acids is 2. The first-order valence-corrected chi connectivity index (χ1v) is 10.5. The molecule has 2 N–H and O–H groups in total. The van der Waals surface area contributed by atoms with Gasteiger partial charge >= 0.3 is 12.1 Å². The van der Waals surface area contributed by atoms with E-state index in [2.05, 4.69) is 5.32 Å². The molecule has 1 aromatic rings. The molecule has 168 valence electrons. The highest BCUT2D eigenvalue weighted by molar-refractivity contribution is 5.96. The number of alkyl halides is 3. The number of nitrogens with zero attached hydrogens (tertiary/aromatic N) is 1. The van der Waals surface area contributed by atoms with Crippen LogP contribution in [0.25, 0.3) is 0 Å². The van der Waals surface area contributed by atoms with Crippen molar-refractivity contribution in [1.82, 2.24) is 5.32 Å². The first kappa shape index (κ1) is 21.6. The van der Waals surface area contributed by atoms with Gasteiger partial charge in [0.05, 0.1) is 4.92 Å². The molecule has 0 radical (unpaired) electrons. The molecule has 0 aliphatic heterocycles. The molecule has 4 saturated carbocycles. The van der Waals surface area contributed by atoms with Crippen LogP contribution in [-0.4, -0.2) is 28.5 Å². The number of rotatable bonds is 6. The van der Waals surface area contributed by atoms with Crippen molar-refractivity contribution in [2.75, 3.05) is 5.32 Å². The fraction of sp³-hybridized carbons (Fsp3) is 0.619. The number of hydrogen-bond acceptors (Lipinski definition) is 4. The van der Waals surface area contributed by atoms with E-state index in [1.165, 1.54) is 30.6 Å². The van der Waals surface area contributed by atoms with Gasteiger partial charge in [-0.15, -0.1) is 0 Å². The number of halogens is 3. The van der Waals surface area contributed by atoms with Crippen LogP contribution in [0.1, 0.15) is 50.5 Å². The Kier molecular flexibility index (Phi) is 5.43. The Morgan fingerprint density at radius 3 is 2.19 bits per heavy atom. The van der Waals surface area contributed by atoms with Gasteiger partial charge in [-0.2, -0.15) is 13.2 Å². The molecule has 0 aromatic heterocycles. The Morgan fingerprint density at radius 1 is 1.10 bits per heavy atom. The van der Waals surface area contributed by atoms with Crippen molar-refractivity contribution < 1.29 is 27.7 Å². The van der Waals surface area contributed by atoms with E-state index in [9.17, 15) is 32.9 Å². The molecule has 2 amide bonds. The monoisotopic (exact) mass is 439 g/mol. The van der Waals surface area contributed by atoms with E-state index in [1.807, 2.05) is 0 Å². The Bertz CT molecular complexity index is 880. The zero-order valence-electron chi connectivity index (χ0n) is 16.8. The molecule has 31 heavy (non-hydrogen) atoms. The second kappa shape index (κ2) is 7.80. The van der Waals surface area contributed by atoms with Crippen LogP contribution >= 0.6 is 0 Å². The van der Waals surface area contributed by atoms with Crippen LogP contribution in [-0.2, 0) is 16.0 Å². The summed E-state index contributed by atoms with van der Waals surface area (Å²) >= 11 is 0. The third-order valence-electron chi connectivity index (χ3n) is 6.85. The van der Waals surface area contributed by atoms with Gasteiger partial charge in [0.1, 0.15) is 5.69 Å². The van der Waals surface area contributed by atoms with Crippen molar-refractivity contribution in [1.29, 1.82) is 0 Å². The fourth-order valence-electron chi connectivity index (χ4n) is 6.06. The SMILES string of the molecule is O=C(CCc1ccc(NC(=O)C(F)(F)F)c([N+](=O)[O-])c1)NC12CC3CC(CC(C3)C1)C2. The van der Waals surface area contributed by atoms with Crippen LogP contribution in [0, 0.1) is 27.9 Å². The third kappa shape index (κ3) is 4.67. The van der Waals surface area contributed by atoms with E-state index < -0.39 is 28.4 Å². The Morgan fingerprint density at radius 2 is 1.68 bits per heavy atom. The summed E-state index contributed by atoms with van der Waals surface area (Å²) in [4.78, 5) is 34.1. The molecular weight excluding hydrogens is 415 g/mol. The second-order valence-electron chi connectivity index (χ2n) is 9.31. The van der Waals surface area contributed by atoms with Crippen molar-refractivity contribution in [3.63, 3.8) is 0 Å². The van der Waals surface area contributed by atoms with Crippen LogP contribution in [0.5, 0.6) is 0 Å². The minimum absolute atomic E-state index is 0.112. The van der Waals surface area contributed by atoms with E-state index in [-0.39, 0.29) is 24.3 Å². The van der Waals surface area contributed by atoms with Gasteiger partial charge in [0.25, 0.3) is 5.69 Å². The van der Waals surface area contributed by atoms with Gasteiger partial charge in [-0.05, 0) is 74.3 Å². The number of nitro benzene ring substituents is 1. The number of amides is 2. The number of carbonyl (C=O) groups is 2. The molecule has 0 heterocycles. The molecule has 0 atom stereocenters. The predicted molar refractivity (Wildman–Crippen MR) is 105 cm³/mol. The quantitative estimate of drug-likeness (QED) is 0.514. The number of anilines is 1. The van der Waals surface area contributed by atoms with Gasteiger partial charge in [0.2, 0.25) is 5.91 Å². The normalized spacial score (nSPS) is 28.9. The molecule has 4 aliphatic rings. The van der Waals surface area contributed by atoms with Crippen LogP contribution in [0.4, 0.5) is 24.5 Å². The standard InChI is InChI=1S/C21H24F3N3O4/c22-21(23,24)19(29)25-16-3-1-12(8-17(16)27(30)31)2-4-18(28)26-20-9-13-5-14(10-20)7-15(6-13)11-20/h1,3,8,13-15H,2,4-7,9-11H2,(H,25,29)(H,26,28). The average Bonchev–Trinajstić information content (AvgIpc) is 2.64. The summed E-state index contributed by atoms with van der Waals surface area (Å²) < 4.78 is 37.3. The predicted octanol–water partition coefficient (Wildman–Crippen LogP) is 4.11. The lowest BCUT2D eigenvalue weighted by atomic mass is 9.53. The van der Waals surface area contributed by atoms with E-state index in [0.717, 1.165) is 31.4 Å². The maximum atomic E-state index is 12.6. The minimum Gasteiger partial charge on any atom is -0.351 e. The van der Waals surface area contributed by atoms with Gasteiger partial charge in [-0.25, -0.2) is 0 Å². The summed E-state index contributed by atoms with van der Waals surface area (Å²) in [6, 6.07) is 3.55. The zero-order chi connectivity index (χ0) is 22.4. The lowest BCUT2D eigenvalue weighted by Crippen LogP contribution is -2.59. The van der Waals surface area contributed by atoms with Gasteiger partial charge in [0.15, 0.2) is 0 Å². The lowest BCUT2D eigenvalue weighted by Gasteiger charge is -2.56. The minimum atomic E-state index is -5.15. The number of nitrogens with one attached hydrogen (secondary N) is 2. The van der Waals surface area contributed by atoms with Gasteiger partial charge in [-0.3, -0.25) is 19.7 Å². The first-order chi connectivity index (χ1) is 14.5.